The van der Waals surface area contributed by atoms with E-state index >= 15 is 0 Å². The van der Waals surface area contributed by atoms with Crippen molar-refractivity contribution in [2.75, 3.05) is 12.4 Å². The summed E-state index contributed by atoms with van der Waals surface area (Å²) in [6.45, 7) is 0.377. The van der Waals surface area contributed by atoms with Crippen LogP contribution in [0.5, 0.6) is 5.75 Å². The molecule has 0 aliphatic carbocycles. The van der Waals surface area contributed by atoms with Crippen LogP contribution in [0, 0.1) is 10.1 Å². The molecule has 2 heterocycles. The quantitative estimate of drug-likeness (QED) is 0.261. The van der Waals surface area contributed by atoms with Crippen LogP contribution in [0.4, 0.5) is 11.5 Å². The standard InChI is InChI=1S/C21H17N5O3S/c1-29-16-9-7-14(8-10-16)12-23-20-19(26(27)28)21(25-13-24-20)30-17-6-2-4-15-5-3-11-22-18(15)17/h2-11,13H,12H2,1H3,(H,23,24,25). The van der Waals surface area contributed by atoms with Crippen molar-refractivity contribution in [3.63, 3.8) is 0 Å². The lowest BCUT2D eigenvalue weighted by Crippen LogP contribution is -2.06. The van der Waals surface area contributed by atoms with Crippen molar-refractivity contribution < 1.29 is 9.66 Å². The first-order chi connectivity index (χ1) is 14.7. The molecule has 0 aliphatic rings. The van der Waals surface area contributed by atoms with Crippen LogP contribution in [-0.4, -0.2) is 27.0 Å². The van der Waals surface area contributed by atoms with Crippen LogP contribution < -0.4 is 10.1 Å². The van der Waals surface area contributed by atoms with Gasteiger partial charge in [-0.3, -0.25) is 15.1 Å². The molecule has 0 amide bonds. The third-order valence-corrected chi connectivity index (χ3v) is 5.43. The van der Waals surface area contributed by atoms with E-state index in [2.05, 4.69) is 20.3 Å². The average Bonchev–Trinajstić information content (AvgIpc) is 2.78. The smallest absolute Gasteiger partial charge is 0.343 e. The molecule has 0 bridgehead atoms. The van der Waals surface area contributed by atoms with Crippen LogP contribution in [0.15, 0.2) is 77.0 Å². The van der Waals surface area contributed by atoms with Gasteiger partial charge in [-0.25, -0.2) is 9.97 Å². The summed E-state index contributed by atoms with van der Waals surface area (Å²) in [7, 11) is 1.60. The Kier molecular flexibility index (Phi) is 5.71. The van der Waals surface area contributed by atoms with Gasteiger partial charge in [0, 0.05) is 23.0 Å². The zero-order chi connectivity index (χ0) is 20.9. The summed E-state index contributed by atoms with van der Waals surface area (Å²) in [5, 5.41) is 16.1. The van der Waals surface area contributed by atoms with Crippen molar-refractivity contribution in [1.29, 1.82) is 0 Å². The summed E-state index contributed by atoms with van der Waals surface area (Å²) >= 11 is 1.20. The van der Waals surface area contributed by atoms with Gasteiger partial charge in [-0.2, -0.15) is 0 Å². The molecule has 0 unspecified atom stereocenters. The van der Waals surface area contributed by atoms with Crippen LogP contribution in [0.3, 0.4) is 0 Å². The van der Waals surface area contributed by atoms with E-state index in [9.17, 15) is 10.1 Å². The zero-order valence-corrected chi connectivity index (χ0v) is 16.8. The van der Waals surface area contributed by atoms with Crippen LogP contribution in [0.2, 0.25) is 0 Å². The Morgan fingerprint density at radius 3 is 2.63 bits per heavy atom. The summed E-state index contributed by atoms with van der Waals surface area (Å²) in [5.41, 5.74) is 1.55. The summed E-state index contributed by atoms with van der Waals surface area (Å²) in [6.07, 6.45) is 3.02. The zero-order valence-electron chi connectivity index (χ0n) is 16.0. The lowest BCUT2D eigenvalue weighted by atomic mass is 10.2. The van der Waals surface area contributed by atoms with Crippen molar-refractivity contribution in [2.45, 2.75) is 16.5 Å². The summed E-state index contributed by atoms with van der Waals surface area (Å²) in [6, 6.07) is 16.9. The maximum atomic E-state index is 11.8. The van der Waals surface area contributed by atoms with E-state index in [-0.39, 0.29) is 16.5 Å². The molecular weight excluding hydrogens is 402 g/mol. The SMILES string of the molecule is COc1ccc(CNc2ncnc(Sc3cccc4cccnc34)c2[N+](=O)[O-])cc1. The molecule has 9 heteroatoms. The highest BCUT2D eigenvalue weighted by Gasteiger charge is 2.24. The van der Waals surface area contributed by atoms with Gasteiger partial charge in [-0.15, -0.1) is 0 Å². The molecule has 150 valence electrons. The van der Waals surface area contributed by atoms with Crippen molar-refractivity contribution >= 4 is 34.2 Å². The predicted octanol–water partition coefficient (Wildman–Crippen LogP) is 4.70. The third kappa shape index (κ3) is 4.15. The molecule has 2 aromatic heterocycles. The van der Waals surface area contributed by atoms with Crippen molar-refractivity contribution in [3.8, 4) is 5.75 Å². The Morgan fingerprint density at radius 2 is 1.87 bits per heavy atom. The topological polar surface area (TPSA) is 103 Å². The maximum Gasteiger partial charge on any atom is 0.343 e. The summed E-state index contributed by atoms with van der Waals surface area (Å²) in [5.74, 6) is 0.913. The van der Waals surface area contributed by atoms with Gasteiger partial charge in [0.25, 0.3) is 0 Å². The van der Waals surface area contributed by atoms with Crippen molar-refractivity contribution in [2.24, 2.45) is 0 Å². The molecular formula is C21H17N5O3S. The number of pyridine rings is 1. The fourth-order valence-electron chi connectivity index (χ4n) is 2.92. The van der Waals surface area contributed by atoms with E-state index in [0.717, 1.165) is 27.1 Å². The molecule has 2 aromatic carbocycles. The second-order valence-electron chi connectivity index (χ2n) is 6.27. The first kappa shape index (κ1) is 19.6. The highest BCUT2D eigenvalue weighted by atomic mass is 32.2. The van der Waals surface area contributed by atoms with Crippen molar-refractivity contribution in [1.82, 2.24) is 15.0 Å². The van der Waals surface area contributed by atoms with E-state index in [1.807, 2.05) is 54.6 Å². The second-order valence-corrected chi connectivity index (χ2v) is 7.30. The molecule has 4 rings (SSSR count). The number of hydrogen-bond acceptors (Lipinski definition) is 8. The fourth-order valence-corrected chi connectivity index (χ4v) is 3.91. The van der Waals surface area contributed by atoms with Crippen LogP contribution in [0.1, 0.15) is 5.56 Å². The molecule has 4 aromatic rings. The van der Waals surface area contributed by atoms with Gasteiger partial charge in [-0.05, 0) is 29.8 Å². The Bertz CT molecular complexity index is 1200. The number of hydrogen-bond donors (Lipinski definition) is 1. The third-order valence-electron chi connectivity index (χ3n) is 4.39. The average molecular weight is 419 g/mol. The van der Waals surface area contributed by atoms with E-state index in [1.54, 1.807) is 13.3 Å². The molecule has 0 saturated carbocycles. The molecule has 30 heavy (non-hydrogen) atoms. The number of ether oxygens (including phenoxy) is 1. The minimum absolute atomic E-state index is 0.163. The van der Waals surface area contributed by atoms with Crippen LogP contribution in [-0.2, 0) is 6.54 Å². The lowest BCUT2D eigenvalue weighted by Gasteiger charge is -2.10. The monoisotopic (exact) mass is 419 g/mol. The Morgan fingerprint density at radius 1 is 1.07 bits per heavy atom. The first-order valence-corrected chi connectivity index (χ1v) is 9.85. The number of methoxy groups -OCH3 is 1. The van der Waals surface area contributed by atoms with Crippen LogP contribution in [0.25, 0.3) is 10.9 Å². The van der Waals surface area contributed by atoms with Gasteiger partial charge in [0.15, 0.2) is 5.03 Å². The minimum Gasteiger partial charge on any atom is -0.497 e. The highest BCUT2D eigenvalue weighted by Crippen LogP contribution is 2.38. The van der Waals surface area contributed by atoms with Gasteiger partial charge in [0.1, 0.15) is 12.1 Å². The number of aromatic nitrogens is 3. The molecule has 0 atom stereocenters. The highest BCUT2D eigenvalue weighted by molar-refractivity contribution is 7.99. The molecule has 0 aliphatic heterocycles. The number of para-hydroxylation sites is 1. The Labute approximate surface area is 176 Å². The lowest BCUT2D eigenvalue weighted by molar-refractivity contribution is -0.387. The number of nitrogens with zero attached hydrogens (tertiary/aromatic N) is 4. The van der Waals surface area contributed by atoms with E-state index < -0.39 is 4.92 Å². The second kappa shape index (κ2) is 8.75. The number of benzene rings is 2. The molecule has 8 nitrogen and oxygen atoms in total. The van der Waals surface area contributed by atoms with E-state index in [1.165, 1.54) is 18.1 Å². The number of anilines is 1. The number of nitrogens with one attached hydrogen (secondary N) is 1. The van der Waals surface area contributed by atoms with E-state index in [4.69, 9.17) is 4.74 Å². The minimum atomic E-state index is -0.461. The molecule has 0 saturated heterocycles. The first-order valence-electron chi connectivity index (χ1n) is 9.03. The Balaban J connectivity index is 1.63. The number of nitro groups is 1. The summed E-state index contributed by atoms with van der Waals surface area (Å²) < 4.78 is 5.15. The fraction of sp³-hybridized carbons (Fsp3) is 0.0952. The van der Waals surface area contributed by atoms with Gasteiger partial charge in [0.2, 0.25) is 5.82 Å². The summed E-state index contributed by atoms with van der Waals surface area (Å²) in [4.78, 5) is 24.8. The normalized spacial score (nSPS) is 10.7. The Hall–Kier alpha value is -3.72. The van der Waals surface area contributed by atoms with Gasteiger partial charge < -0.3 is 10.1 Å². The van der Waals surface area contributed by atoms with Crippen molar-refractivity contribution in [3.05, 3.63) is 82.8 Å². The largest absolute Gasteiger partial charge is 0.497 e. The van der Waals surface area contributed by atoms with Gasteiger partial charge in [0.05, 0.1) is 17.5 Å². The van der Waals surface area contributed by atoms with Gasteiger partial charge >= 0.3 is 5.69 Å². The number of fused-ring (bicyclic) bond motifs is 1. The molecule has 0 radical (unpaired) electrons. The molecule has 0 spiro atoms. The maximum absolute atomic E-state index is 11.8. The predicted molar refractivity (Wildman–Crippen MR) is 115 cm³/mol. The van der Waals surface area contributed by atoms with E-state index in [0.29, 0.717) is 6.54 Å². The molecule has 0 fully saturated rings. The number of rotatable bonds is 7. The van der Waals surface area contributed by atoms with Crippen LogP contribution >= 0.6 is 11.8 Å². The van der Waals surface area contributed by atoms with Gasteiger partial charge in [-0.1, -0.05) is 42.1 Å². The molecule has 1 N–H and O–H groups in total.